The third-order valence-corrected chi connectivity index (χ3v) is 5.19. The van der Waals surface area contributed by atoms with E-state index in [1.54, 1.807) is 19.4 Å². The van der Waals surface area contributed by atoms with Gasteiger partial charge >= 0.3 is 0 Å². The van der Waals surface area contributed by atoms with Crippen LogP contribution in [0.25, 0.3) is 27.7 Å². The highest BCUT2D eigenvalue weighted by Crippen LogP contribution is 2.41. The molecule has 0 aliphatic carbocycles. The first kappa shape index (κ1) is 22.5. The van der Waals surface area contributed by atoms with Gasteiger partial charge in [0.25, 0.3) is 0 Å². The van der Waals surface area contributed by atoms with Crippen LogP contribution in [0.3, 0.4) is 0 Å². The Morgan fingerprint density at radius 2 is 1.94 bits per heavy atom. The minimum Gasteiger partial charge on any atom is -0.497 e. The SMILES string of the molecule is CCOc1c(/C(C)=C/C(=O)NCC(C)C)cc2c(-c3ccc(OC)cc3)coc2c1C. The monoisotopic (exact) mass is 421 g/mol. The average molecular weight is 422 g/mol. The van der Waals surface area contributed by atoms with Gasteiger partial charge in [-0.3, -0.25) is 4.79 Å². The van der Waals surface area contributed by atoms with Crippen LogP contribution in [0.4, 0.5) is 0 Å². The van der Waals surface area contributed by atoms with Crippen molar-refractivity contribution in [3.05, 3.63) is 53.8 Å². The van der Waals surface area contributed by atoms with Crippen LogP contribution in [-0.2, 0) is 4.79 Å². The molecule has 3 aromatic rings. The number of allylic oxidation sites excluding steroid dienone is 1. The van der Waals surface area contributed by atoms with Crippen molar-refractivity contribution in [1.29, 1.82) is 0 Å². The first-order valence-corrected chi connectivity index (χ1v) is 10.6. The summed E-state index contributed by atoms with van der Waals surface area (Å²) >= 11 is 0. The Labute approximate surface area is 184 Å². The van der Waals surface area contributed by atoms with Crippen molar-refractivity contribution < 1.29 is 18.7 Å². The van der Waals surface area contributed by atoms with E-state index < -0.39 is 0 Å². The molecule has 5 nitrogen and oxygen atoms in total. The normalized spacial score (nSPS) is 11.8. The maximum absolute atomic E-state index is 12.4. The Hall–Kier alpha value is -3.21. The highest BCUT2D eigenvalue weighted by atomic mass is 16.5. The smallest absolute Gasteiger partial charge is 0.244 e. The number of benzene rings is 2. The second-order valence-electron chi connectivity index (χ2n) is 8.03. The summed E-state index contributed by atoms with van der Waals surface area (Å²) < 4.78 is 17.2. The lowest BCUT2D eigenvalue weighted by Crippen LogP contribution is -2.25. The number of hydrogen-bond acceptors (Lipinski definition) is 4. The number of nitrogens with one attached hydrogen (secondary N) is 1. The third-order valence-electron chi connectivity index (χ3n) is 5.19. The zero-order valence-electron chi connectivity index (χ0n) is 19.2. The van der Waals surface area contributed by atoms with Crippen molar-refractivity contribution >= 4 is 22.4 Å². The van der Waals surface area contributed by atoms with Crippen LogP contribution in [0, 0.1) is 12.8 Å². The van der Waals surface area contributed by atoms with E-state index in [0.717, 1.165) is 50.3 Å². The fraction of sp³-hybridized carbons (Fsp3) is 0.346. The van der Waals surface area contributed by atoms with Gasteiger partial charge in [-0.15, -0.1) is 0 Å². The van der Waals surface area contributed by atoms with Crippen molar-refractivity contribution in [3.8, 4) is 22.6 Å². The van der Waals surface area contributed by atoms with Gasteiger partial charge < -0.3 is 19.2 Å². The second-order valence-corrected chi connectivity index (χ2v) is 8.03. The van der Waals surface area contributed by atoms with E-state index >= 15 is 0 Å². The van der Waals surface area contributed by atoms with E-state index in [1.165, 1.54) is 0 Å². The highest BCUT2D eigenvalue weighted by Gasteiger charge is 2.19. The summed E-state index contributed by atoms with van der Waals surface area (Å²) in [4.78, 5) is 12.4. The van der Waals surface area contributed by atoms with Crippen LogP contribution in [-0.4, -0.2) is 26.2 Å². The Balaban J connectivity index is 2.10. The van der Waals surface area contributed by atoms with Crippen molar-refractivity contribution in [3.63, 3.8) is 0 Å². The van der Waals surface area contributed by atoms with E-state index in [9.17, 15) is 4.79 Å². The first-order valence-electron chi connectivity index (χ1n) is 10.6. The summed E-state index contributed by atoms with van der Waals surface area (Å²) in [6.07, 6.45) is 3.41. The predicted molar refractivity (Wildman–Crippen MR) is 126 cm³/mol. The molecule has 0 saturated heterocycles. The summed E-state index contributed by atoms with van der Waals surface area (Å²) in [5, 5.41) is 3.93. The Bertz CT molecular complexity index is 1090. The van der Waals surface area contributed by atoms with Crippen LogP contribution in [0.2, 0.25) is 0 Å². The minimum absolute atomic E-state index is 0.103. The number of fused-ring (bicyclic) bond motifs is 1. The molecule has 1 aromatic heterocycles. The Morgan fingerprint density at radius 3 is 2.55 bits per heavy atom. The number of methoxy groups -OCH3 is 1. The molecule has 5 heteroatoms. The number of ether oxygens (including phenoxy) is 2. The maximum atomic E-state index is 12.4. The zero-order valence-corrected chi connectivity index (χ0v) is 19.2. The first-order chi connectivity index (χ1) is 14.8. The van der Waals surface area contributed by atoms with Crippen LogP contribution >= 0.6 is 0 Å². The molecule has 0 bridgehead atoms. The van der Waals surface area contributed by atoms with Gasteiger partial charge in [0.15, 0.2) is 0 Å². The number of amides is 1. The molecule has 2 aromatic carbocycles. The van der Waals surface area contributed by atoms with Gasteiger partial charge in [0.05, 0.1) is 20.0 Å². The summed E-state index contributed by atoms with van der Waals surface area (Å²) in [7, 11) is 1.65. The van der Waals surface area contributed by atoms with Gasteiger partial charge in [-0.05, 0) is 56.0 Å². The van der Waals surface area contributed by atoms with Crippen LogP contribution in [0.1, 0.15) is 38.8 Å². The third kappa shape index (κ3) is 4.93. The van der Waals surface area contributed by atoms with E-state index in [2.05, 4.69) is 25.2 Å². The average Bonchev–Trinajstić information content (AvgIpc) is 3.18. The van der Waals surface area contributed by atoms with Crippen LogP contribution in [0.5, 0.6) is 11.5 Å². The molecule has 164 valence electrons. The number of carbonyl (C=O) groups excluding carboxylic acids is 1. The minimum atomic E-state index is -0.103. The molecule has 1 amide bonds. The van der Waals surface area contributed by atoms with Gasteiger partial charge in [-0.25, -0.2) is 0 Å². The number of aryl methyl sites for hydroxylation is 1. The van der Waals surface area contributed by atoms with E-state index in [4.69, 9.17) is 13.9 Å². The van der Waals surface area contributed by atoms with Crippen LogP contribution < -0.4 is 14.8 Å². The van der Waals surface area contributed by atoms with Crippen molar-refractivity contribution in [2.45, 2.75) is 34.6 Å². The fourth-order valence-corrected chi connectivity index (χ4v) is 3.56. The number of hydrogen-bond donors (Lipinski definition) is 1. The molecule has 0 aliphatic heterocycles. The lowest BCUT2D eigenvalue weighted by molar-refractivity contribution is -0.116. The largest absolute Gasteiger partial charge is 0.497 e. The molecule has 0 unspecified atom stereocenters. The highest BCUT2D eigenvalue weighted by molar-refractivity contribution is 6.01. The molecular formula is C26H31NO4. The van der Waals surface area contributed by atoms with Crippen molar-refractivity contribution in [2.24, 2.45) is 5.92 Å². The fourth-order valence-electron chi connectivity index (χ4n) is 3.56. The van der Waals surface area contributed by atoms with Gasteiger partial charge in [-0.2, -0.15) is 0 Å². The molecule has 0 radical (unpaired) electrons. The molecule has 0 fully saturated rings. The van der Waals surface area contributed by atoms with Crippen molar-refractivity contribution in [2.75, 3.05) is 20.3 Å². The van der Waals surface area contributed by atoms with Gasteiger partial charge in [-0.1, -0.05) is 26.0 Å². The summed E-state index contributed by atoms with van der Waals surface area (Å²) in [5.74, 6) is 1.84. The zero-order chi connectivity index (χ0) is 22.5. The Morgan fingerprint density at radius 1 is 1.23 bits per heavy atom. The number of carbonyl (C=O) groups is 1. The lowest BCUT2D eigenvalue weighted by atomic mass is 9.96. The summed E-state index contributed by atoms with van der Waals surface area (Å²) in [6.45, 7) is 11.2. The molecule has 0 saturated carbocycles. The molecule has 1 N–H and O–H groups in total. The van der Waals surface area contributed by atoms with Crippen LogP contribution in [0.15, 0.2) is 47.1 Å². The molecule has 31 heavy (non-hydrogen) atoms. The van der Waals surface area contributed by atoms with E-state index in [1.807, 2.05) is 45.0 Å². The standard InChI is InChI=1S/C26H31NO4/c1-7-30-25-18(5)26-22(13-21(25)17(4)12-24(28)27-14-16(2)3)23(15-31-26)19-8-10-20(29-6)11-9-19/h8-13,15-16H,7,14H2,1-6H3,(H,27,28)/b17-12+. The predicted octanol–water partition coefficient (Wildman–Crippen LogP) is 5.99. The number of furan rings is 1. The molecule has 0 aliphatic rings. The molecule has 0 atom stereocenters. The topological polar surface area (TPSA) is 60.7 Å². The van der Waals surface area contributed by atoms with Crippen molar-refractivity contribution in [1.82, 2.24) is 5.32 Å². The second kappa shape index (κ2) is 9.73. The van der Waals surface area contributed by atoms with E-state index in [0.29, 0.717) is 19.1 Å². The number of rotatable bonds is 8. The van der Waals surface area contributed by atoms with Gasteiger partial charge in [0, 0.05) is 34.7 Å². The Kier molecular flexibility index (Phi) is 7.06. The van der Waals surface area contributed by atoms with E-state index in [-0.39, 0.29) is 5.91 Å². The maximum Gasteiger partial charge on any atom is 0.244 e. The summed E-state index contributed by atoms with van der Waals surface area (Å²) in [6, 6.07) is 9.94. The molecule has 1 heterocycles. The van der Waals surface area contributed by atoms with Gasteiger partial charge in [0.1, 0.15) is 17.1 Å². The molecular weight excluding hydrogens is 390 g/mol. The quantitative estimate of drug-likeness (QED) is 0.454. The van der Waals surface area contributed by atoms with Gasteiger partial charge in [0.2, 0.25) is 5.91 Å². The molecule has 0 spiro atoms. The lowest BCUT2D eigenvalue weighted by Gasteiger charge is -2.15. The molecule has 3 rings (SSSR count). The summed E-state index contributed by atoms with van der Waals surface area (Å²) in [5.41, 5.74) is 5.46.